The maximum Gasteiger partial charge on any atom is -0.000569 e. The van der Waals surface area contributed by atoms with Gasteiger partial charge in [0.25, 0.3) is 0 Å². The Hall–Kier alpha value is -0.0800. The topological polar surface area (TPSA) is 38.0 Å². The van der Waals surface area contributed by atoms with Crippen LogP contribution in [0.1, 0.15) is 20.3 Å². The van der Waals surface area contributed by atoms with Crippen molar-refractivity contribution >= 4 is 0 Å². The average molecular weight is 156 g/mol. The lowest BCUT2D eigenvalue weighted by atomic mass is 9.79. The number of piperidine rings is 1. The second-order valence-electron chi connectivity index (χ2n) is 3.90. The molecule has 2 unspecified atom stereocenters. The first kappa shape index (κ1) is 9.01. The third-order valence-corrected chi connectivity index (χ3v) is 2.83. The zero-order valence-corrected chi connectivity index (χ0v) is 7.64. The molecule has 11 heavy (non-hydrogen) atoms. The summed E-state index contributed by atoms with van der Waals surface area (Å²) in [5, 5.41) is 3.39. The SMILES string of the molecule is CC(C)C1CCNCC1CN. The summed E-state index contributed by atoms with van der Waals surface area (Å²) in [5.74, 6) is 2.36. The molecule has 0 aromatic carbocycles. The van der Waals surface area contributed by atoms with E-state index in [1.807, 2.05) is 0 Å². The maximum absolute atomic E-state index is 5.69. The van der Waals surface area contributed by atoms with Crippen molar-refractivity contribution in [3.63, 3.8) is 0 Å². The van der Waals surface area contributed by atoms with Gasteiger partial charge in [0.15, 0.2) is 0 Å². The molecule has 0 bridgehead atoms. The van der Waals surface area contributed by atoms with Crippen molar-refractivity contribution in [2.75, 3.05) is 19.6 Å². The minimum Gasteiger partial charge on any atom is -0.330 e. The molecular weight excluding hydrogens is 136 g/mol. The van der Waals surface area contributed by atoms with E-state index in [1.54, 1.807) is 0 Å². The molecular formula is C9H20N2. The molecule has 0 amide bonds. The lowest BCUT2D eigenvalue weighted by molar-refractivity contribution is 0.200. The molecule has 0 aromatic heterocycles. The van der Waals surface area contributed by atoms with E-state index < -0.39 is 0 Å². The van der Waals surface area contributed by atoms with Gasteiger partial charge in [0.05, 0.1) is 0 Å². The zero-order chi connectivity index (χ0) is 8.27. The first-order valence-electron chi connectivity index (χ1n) is 4.66. The molecule has 0 aromatic rings. The second kappa shape index (κ2) is 4.07. The highest BCUT2D eigenvalue weighted by atomic mass is 14.9. The molecule has 2 heteroatoms. The number of nitrogens with one attached hydrogen (secondary N) is 1. The largest absolute Gasteiger partial charge is 0.330 e. The standard InChI is InChI=1S/C9H20N2/c1-7(2)9-3-4-11-6-8(9)5-10/h7-9,11H,3-6,10H2,1-2H3. The smallest absolute Gasteiger partial charge is 0.000569 e. The molecule has 2 nitrogen and oxygen atoms in total. The van der Waals surface area contributed by atoms with Gasteiger partial charge in [-0.2, -0.15) is 0 Å². The Labute approximate surface area is 69.5 Å². The highest BCUT2D eigenvalue weighted by Gasteiger charge is 2.25. The van der Waals surface area contributed by atoms with Crippen LogP contribution in [0, 0.1) is 17.8 Å². The molecule has 0 radical (unpaired) electrons. The highest BCUT2D eigenvalue weighted by Crippen LogP contribution is 2.25. The van der Waals surface area contributed by atoms with Crippen molar-refractivity contribution in [3.05, 3.63) is 0 Å². The molecule has 3 N–H and O–H groups in total. The minimum absolute atomic E-state index is 0.712. The fourth-order valence-corrected chi connectivity index (χ4v) is 2.08. The average Bonchev–Trinajstić information content (AvgIpc) is 2.04. The van der Waals surface area contributed by atoms with Crippen LogP contribution in [0.25, 0.3) is 0 Å². The van der Waals surface area contributed by atoms with Gasteiger partial charge in [-0.25, -0.2) is 0 Å². The molecule has 66 valence electrons. The van der Waals surface area contributed by atoms with Crippen LogP contribution >= 0.6 is 0 Å². The Morgan fingerprint density at radius 3 is 2.73 bits per heavy atom. The van der Waals surface area contributed by atoms with Crippen LogP contribution in [0.4, 0.5) is 0 Å². The van der Waals surface area contributed by atoms with Crippen LogP contribution in [-0.2, 0) is 0 Å². The first-order valence-corrected chi connectivity index (χ1v) is 4.66. The Morgan fingerprint density at radius 2 is 2.27 bits per heavy atom. The van der Waals surface area contributed by atoms with E-state index in [-0.39, 0.29) is 0 Å². The van der Waals surface area contributed by atoms with Crippen molar-refractivity contribution in [1.82, 2.24) is 5.32 Å². The van der Waals surface area contributed by atoms with Crippen LogP contribution in [0.2, 0.25) is 0 Å². The summed E-state index contributed by atoms with van der Waals surface area (Å²) in [6.07, 6.45) is 1.31. The summed E-state index contributed by atoms with van der Waals surface area (Å²) in [4.78, 5) is 0. The number of hydrogen-bond donors (Lipinski definition) is 2. The molecule has 1 aliphatic heterocycles. The van der Waals surface area contributed by atoms with E-state index in [0.717, 1.165) is 24.9 Å². The van der Waals surface area contributed by atoms with E-state index in [1.165, 1.54) is 13.0 Å². The van der Waals surface area contributed by atoms with Crippen molar-refractivity contribution in [1.29, 1.82) is 0 Å². The van der Waals surface area contributed by atoms with E-state index >= 15 is 0 Å². The monoisotopic (exact) mass is 156 g/mol. The van der Waals surface area contributed by atoms with Crippen LogP contribution < -0.4 is 11.1 Å². The van der Waals surface area contributed by atoms with Gasteiger partial charge in [-0.15, -0.1) is 0 Å². The molecule has 0 spiro atoms. The third kappa shape index (κ3) is 2.17. The predicted octanol–water partition coefficient (Wildman–Crippen LogP) is 0.827. The molecule has 1 rings (SSSR count). The fraction of sp³-hybridized carbons (Fsp3) is 1.00. The van der Waals surface area contributed by atoms with Crippen LogP contribution in [0.5, 0.6) is 0 Å². The van der Waals surface area contributed by atoms with Gasteiger partial charge in [0.2, 0.25) is 0 Å². The van der Waals surface area contributed by atoms with Crippen LogP contribution in [0.15, 0.2) is 0 Å². The normalized spacial score (nSPS) is 32.7. The van der Waals surface area contributed by atoms with Gasteiger partial charge in [-0.3, -0.25) is 0 Å². The van der Waals surface area contributed by atoms with Gasteiger partial charge in [-0.1, -0.05) is 13.8 Å². The molecule has 2 atom stereocenters. The van der Waals surface area contributed by atoms with Crippen molar-refractivity contribution in [3.8, 4) is 0 Å². The van der Waals surface area contributed by atoms with Gasteiger partial charge in [-0.05, 0) is 43.8 Å². The summed E-state index contributed by atoms with van der Waals surface area (Å²) in [6.45, 7) is 7.76. The number of rotatable bonds is 2. The maximum atomic E-state index is 5.69. The summed E-state index contributed by atoms with van der Waals surface area (Å²) in [7, 11) is 0. The van der Waals surface area contributed by atoms with Crippen molar-refractivity contribution in [2.24, 2.45) is 23.5 Å². The zero-order valence-electron chi connectivity index (χ0n) is 7.64. The highest BCUT2D eigenvalue weighted by molar-refractivity contribution is 4.80. The molecule has 1 heterocycles. The minimum atomic E-state index is 0.712. The Kier molecular flexibility index (Phi) is 3.34. The van der Waals surface area contributed by atoms with E-state index in [4.69, 9.17) is 5.73 Å². The van der Waals surface area contributed by atoms with E-state index in [9.17, 15) is 0 Å². The summed E-state index contributed by atoms with van der Waals surface area (Å²) in [6, 6.07) is 0. The molecule has 1 saturated heterocycles. The predicted molar refractivity (Wildman–Crippen MR) is 48.4 cm³/mol. The van der Waals surface area contributed by atoms with Crippen molar-refractivity contribution < 1.29 is 0 Å². The van der Waals surface area contributed by atoms with Crippen LogP contribution in [0.3, 0.4) is 0 Å². The Balaban J connectivity index is 2.44. The first-order chi connectivity index (χ1) is 5.25. The van der Waals surface area contributed by atoms with Gasteiger partial charge in [0.1, 0.15) is 0 Å². The summed E-state index contributed by atoms with van der Waals surface area (Å²) >= 11 is 0. The van der Waals surface area contributed by atoms with Gasteiger partial charge < -0.3 is 11.1 Å². The lowest BCUT2D eigenvalue weighted by Gasteiger charge is -2.34. The van der Waals surface area contributed by atoms with E-state index in [0.29, 0.717) is 5.92 Å². The Bertz CT molecular complexity index is 112. The van der Waals surface area contributed by atoms with Crippen LogP contribution in [-0.4, -0.2) is 19.6 Å². The molecule has 1 fully saturated rings. The number of nitrogens with two attached hydrogens (primary N) is 1. The molecule has 0 saturated carbocycles. The third-order valence-electron chi connectivity index (χ3n) is 2.83. The summed E-state index contributed by atoms with van der Waals surface area (Å²) in [5.41, 5.74) is 5.69. The van der Waals surface area contributed by atoms with Crippen molar-refractivity contribution in [2.45, 2.75) is 20.3 Å². The number of hydrogen-bond acceptors (Lipinski definition) is 2. The van der Waals surface area contributed by atoms with E-state index in [2.05, 4.69) is 19.2 Å². The second-order valence-corrected chi connectivity index (χ2v) is 3.90. The van der Waals surface area contributed by atoms with Gasteiger partial charge >= 0.3 is 0 Å². The molecule has 0 aliphatic carbocycles. The fourth-order valence-electron chi connectivity index (χ4n) is 2.08. The lowest BCUT2D eigenvalue weighted by Crippen LogP contribution is -2.42. The summed E-state index contributed by atoms with van der Waals surface area (Å²) < 4.78 is 0. The molecule has 1 aliphatic rings. The van der Waals surface area contributed by atoms with Gasteiger partial charge in [0, 0.05) is 0 Å². The quantitative estimate of drug-likeness (QED) is 0.621. The Morgan fingerprint density at radius 1 is 1.55 bits per heavy atom.